The number of nitrogens with zero attached hydrogens (tertiary/aromatic N) is 2. The molecule has 98 valence electrons. The van der Waals surface area contributed by atoms with Gasteiger partial charge < -0.3 is 14.8 Å². The fourth-order valence-electron chi connectivity index (χ4n) is 1.04. The van der Waals surface area contributed by atoms with Crippen molar-refractivity contribution in [2.75, 3.05) is 13.2 Å². The van der Waals surface area contributed by atoms with Crippen molar-refractivity contribution >= 4 is 10.0 Å². The lowest BCUT2D eigenvalue weighted by molar-refractivity contribution is 0.00680. The summed E-state index contributed by atoms with van der Waals surface area (Å²) in [7, 11) is -2.07. The number of aromatic nitrogens is 2. The normalized spacial score (nSPS) is 15.8. The zero-order chi connectivity index (χ0) is 13.3. The van der Waals surface area contributed by atoms with Crippen LogP contribution in [-0.4, -0.2) is 46.9 Å². The second kappa shape index (κ2) is 4.73. The minimum Gasteiger partial charge on any atom is -0.393 e. The molecule has 0 saturated heterocycles. The van der Waals surface area contributed by atoms with Gasteiger partial charge in [0.2, 0.25) is 0 Å². The predicted octanol–water partition coefficient (Wildman–Crippen LogP) is -1.25. The molecule has 17 heavy (non-hydrogen) atoms. The first-order valence-electron chi connectivity index (χ1n) is 5.01. The largest absolute Gasteiger partial charge is 0.393 e. The van der Waals surface area contributed by atoms with Gasteiger partial charge in [-0.3, -0.25) is 0 Å². The Hall–Kier alpha value is -0.960. The van der Waals surface area contributed by atoms with E-state index >= 15 is 0 Å². The molecular formula is C9H17N3O4S. The first kappa shape index (κ1) is 14.1. The van der Waals surface area contributed by atoms with E-state index < -0.39 is 22.2 Å². The summed E-state index contributed by atoms with van der Waals surface area (Å²) < 4.78 is 27.3. The molecule has 0 radical (unpaired) electrons. The third-order valence-electron chi connectivity index (χ3n) is 2.35. The molecule has 0 aromatic carbocycles. The number of imidazole rings is 1. The van der Waals surface area contributed by atoms with Gasteiger partial charge in [-0.25, -0.2) is 18.1 Å². The maximum atomic E-state index is 11.8. The molecule has 0 saturated carbocycles. The highest BCUT2D eigenvalue weighted by Crippen LogP contribution is 2.08. The number of rotatable bonds is 5. The van der Waals surface area contributed by atoms with E-state index in [9.17, 15) is 13.5 Å². The van der Waals surface area contributed by atoms with Gasteiger partial charge in [-0.15, -0.1) is 0 Å². The molecule has 0 amide bonds. The summed E-state index contributed by atoms with van der Waals surface area (Å²) in [6.07, 6.45) is 1.38. The van der Waals surface area contributed by atoms with Crippen molar-refractivity contribution < 1.29 is 18.6 Å². The van der Waals surface area contributed by atoms with Gasteiger partial charge in [0.25, 0.3) is 10.0 Å². The zero-order valence-electron chi connectivity index (χ0n) is 10.0. The second-order valence-corrected chi connectivity index (χ2v) is 5.93. The van der Waals surface area contributed by atoms with Crippen LogP contribution in [0.4, 0.5) is 0 Å². The maximum absolute atomic E-state index is 11.8. The summed E-state index contributed by atoms with van der Waals surface area (Å²) in [4.78, 5) is 3.88. The highest BCUT2D eigenvalue weighted by molar-refractivity contribution is 7.89. The van der Waals surface area contributed by atoms with Gasteiger partial charge >= 0.3 is 0 Å². The van der Waals surface area contributed by atoms with E-state index in [-0.39, 0.29) is 11.6 Å². The van der Waals surface area contributed by atoms with Crippen LogP contribution in [0.25, 0.3) is 0 Å². The molecule has 1 atom stereocenters. The van der Waals surface area contributed by atoms with E-state index in [4.69, 9.17) is 5.11 Å². The van der Waals surface area contributed by atoms with E-state index in [1.165, 1.54) is 13.1 Å². The minimum atomic E-state index is -3.76. The lowest BCUT2D eigenvalue weighted by Crippen LogP contribution is -2.43. The monoisotopic (exact) mass is 263 g/mol. The second-order valence-electron chi connectivity index (χ2n) is 4.22. The number of aryl methyl sites for hydroxylation is 2. The van der Waals surface area contributed by atoms with Gasteiger partial charge in [0.05, 0.1) is 12.2 Å². The Labute approximate surface area is 100 Å². The molecule has 1 rings (SSSR count). The Morgan fingerprint density at radius 3 is 2.59 bits per heavy atom. The summed E-state index contributed by atoms with van der Waals surface area (Å²) >= 11 is 0. The van der Waals surface area contributed by atoms with Gasteiger partial charge in [0.1, 0.15) is 5.82 Å². The van der Waals surface area contributed by atoms with Crippen LogP contribution in [0, 0.1) is 6.92 Å². The molecule has 0 fully saturated rings. The number of aliphatic hydroxyl groups excluding tert-OH is 1. The average Bonchev–Trinajstić information content (AvgIpc) is 2.58. The first-order valence-corrected chi connectivity index (χ1v) is 6.49. The third-order valence-corrected chi connectivity index (χ3v) is 3.62. The molecule has 0 aliphatic heterocycles. The SMILES string of the molecule is Cc1nc(S(=O)(=O)NCC(C)(O)CO)cn1C. The van der Waals surface area contributed by atoms with Gasteiger partial charge in [0.15, 0.2) is 5.03 Å². The van der Waals surface area contributed by atoms with E-state index in [1.807, 2.05) is 0 Å². The maximum Gasteiger partial charge on any atom is 0.259 e. The van der Waals surface area contributed by atoms with Crippen LogP contribution in [0.3, 0.4) is 0 Å². The van der Waals surface area contributed by atoms with Crippen molar-refractivity contribution in [2.45, 2.75) is 24.5 Å². The van der Waals surface area contributed by atoms with Crippen molar-refractivity contribution in [2.24, 2.45) is 7.05 Å². The zero-order valence-corrected chi connectivity index (χ0v) is 10.8. The van der Waals surface area contributed by atoms with E-state index in [0.717, 1.165) is 0 Å². The highest BCUT2D eigenvalue weighted by Gasteiger charge is 2.25. The summed E-state index contributed by atoms with van der Waals surface area (Å²) in [6.45, 7) is 2.21. The van der Waals surface area contributed by atoms with E-state index in [0.29, 0.717) is 5.82 Å². The number of hydrogen-bond donors (Lipinski definition) is 3. The highest BCUT2D eigenvalue weighted by atomic mass is 32.2. The Kier molecular flexibility index (Phi) is 3.92. The lowest BCUT2D eigenvalue weighted by Gasteiger charge is -2.19. The van der Waals surface area contributed by atoms with Crippen LogP contribution < -0.4 is 4.72 Å². The fraction of sp³-hybridized carbons (Fsp3) is 0.667. The summed E-state index contributed by atoms with van der Waals surface area (Å²) in [5.74, 6) is 0.569. The van der Waals surface area contributed by atoms with Crippen molar-refractivity contribution in [1.82, 2.24) is 14.3 Å². The van der Waals surface area contributed by atoms with Crippen LogP contribution in [0.15, 0.2) is 11.2 Å². The Bertz CT molecular complexity index is 473. The Morgan fingerprint density at radius 2 is 2.18 bits per heavy atom. The van der Waals surface area contributed by atoms with Gasteiger partial charge in [-0.05, 0) is 13.8 Å². The number of hydrogen-bond acceptors (Lipinski definition) is 5. The quantitative estimate of drug-likeness (QED) is 0.616. The fourth-order valence-corrected chi connectivity index (χ4v) is 2.23. The van der Waals surface area contributed by atoms with Crippen LogP contribution in [0.2, 0.25) is 0 Å². The standard InChI is InChI=1S/C9H17N3O4S/c1-7-11-8(4-12(7)3)17(15,16)10-5-9(2,14)6-13/h4,10,13-14H,5-6H2,1-3H3. The molecular weight excluding hydrogens is 246 g/mol. The predicted molar refractivity (Wildman–Crippen MR) is 60.8 cm³/mol. The van der Waals surface area contributed by atoms with E-state index in [1.54, 1.807) is 18.5 Å². The number of nitrogens with one attached hydrogen (secondary N) is 1. The molecule has 0 bridgehead atoms. The van der Waals surface area contributed by atoms with Crippen LogP contribution in [-0.2, 0) is 17.1 Å². The third kappa shape index (κ3) is 3.50. The Balaban J connectivity index is 2.83. The minimum absolute atomic E-state index is 0.105. The summed E-state index contributed by atoms with van der Waals surface area (Å²) in [6, 6.07) is 0. The van der Waals surface area contributed by atoms with Crippen molar-refractivity contribution in [3.8, 4) is 0 Å². The van der Waals surface area contributed by atoms with Gasteiger partial charge in [-0.2, -0.15) is 0 Å². The molecule has 0 spiro atoms. The molecule has 3 N–H and O–H groups in total. The molecule has 1 heterocycles. The van der Waals surface area contributed by atoms with Crippen molar-refractivity contribution in [1.29, 1.82) is 0 Å². The van der Waals surface area contributed by atoms with Crippen LogP contribution in [0.5, 0.6) is 0 Å². The number of aliphatic hydroxyl groups is 2. The molecule has 7 nitrogen and oxygen atoms in total. The van der Waals surface area contributed by atoms with Gasteiger partial charge in [-0.1, -0.05) is 0 Å². The smallest absolute Gasteiger partial charge is 0.259 e. The molecule has 0 aliphatic rings. The molecule has 8 heteroatoms. The van der Waals surface area contributed by atoms with Gasteiger partial charge in [0, 0.05) is 19.8 Å². The number of sulfonamides is 1. The van der Waals surface area contributed by atoms with Crippen molar-refractivity contribution in [3.05, 3.63) is 12.0 Å². The van der Waals surface area contributed by atoms with Crippen LogP contribution in [0.1, 0.15) is 12.7 Å². The Morgan fingerprint density at radius 1 is 1.59 bits per heavy atom. The summed E-state index contributed by atoms with van der Waals surface area (Å²) in [5.41, 5.74) is -1.49. The molecule has 0 aliphatic carbocycles. The average molecular weight is 263 g/mol. The summed E-state index contributed by atoms with van der Waals surface area (Å²) in [5, 5.41) is 18.2. The molecule has 1 aromatic rings. The van der Waals surface area contributed by atoms with Crippen molar-refractivity contribution in [3.63, 3.8) is 0 Å². The lowest BCUT2D eigenvalue weighted by atomic mass is 10.1. The topological polar surface area (TPSA) is 104 Å². The molecule has 1 unspecified atom stereocenters. The van der Waals surface area contributed by atoms with Crippen LogP contribution >= 0.6 is 0 Å². The van der Waals surface area contributed by atoms with E-state index in [2.05, 4.69) is 9.71 Å². The molecule has 1 aromatic heterocycles. The first-order chi connectivity index (χ1) is 7.68.